The number of imide groups is 2. The van der Waals surface area contributed by atoms with E-state index in [2.05, 4.69) is 19.2 Å². The van der Waals surface area contributed by atoms with Crippen LogP contribution in [0.1, 0.15) is 30.9 Å². The van der Waals surface area contributed by atoms with E-state index < -0.39 is 17.8 Å². The molecule has 2 aromatic rings. The normalized spacial score (nSPS) is 16.1. The fourth-order valence-electron chi connectivity index (χ4n) is 2.79. The third-order valence-electron chi connectivity index (χ3n) is 4.33. The van der Waals surface area contributed by atoms with Crippen LogP contribution in [0.25, 0.3) is 6.08 Å². The Kier molecular flexibility index (Phi) is 5.07. The van der Waals surface area contributed by atoms with Crippen LogP contribution >= 0.6 is 0 Å². The summed E-state index contributed by atoms with van der Waals surface area (Å²) in [5.41, 5.74) is 2.09. The fraction of sp³-hybridized carbons (Fsp3) is 0.190. The van der Waals surface area contributed by atoms with E-state index in [0.717, 1.165) is 10.5 Å². The van der Waals surface area contributed by atoms with Crippen LogP contribution < -0.4 is 15.0 Å². The predicted molar refractivity (Wildman–Crippen MR) is 103 cm³/mol. The molecule has 6 nitrogen and oxygen atoms in total. The molecule has 0 radical (unpaired) electrons. The summed E-state index contributed by atoms with van der Waals surface area (Å²) in [6, 6.07) is 13.3. The van der Waals surface area contributed by atoms with Crippen molar-refractivity contribution in [1.29, 1.82) is 0 Å². The van der Waals surface area contributed by atoms with Gasteiger partial charge < -0.3 is 4.74 Å². The number of ether oxygens (including phenoxy) is 1. The first-order valence-corrected chi connectivity index (χ1v) is 8.56. The Balaban J connectivity index is 1.96. The molecule has 1 aliphatic rings. The van der Waals surface area contributed by atoms with Crippen molar-refractivity contribution in [2.24, 2.45) is 0 Å². The third kappa shape index (κ3) is 3.74. The van der Waals surface area contributed by atoms with E-state index in [9.17, 15) is 14.4 Å². The highest BCUT2D eigenvalue weighted by atomic mass is 16.5. The van der Waals surface area contributed by atoms with Gasteiger partial charge in [0.1, 0.15) is 11.3 Å². The van der Waals surface area contributed by atoms with Gasteiger partial charge in [0.25, 0.3) is 11.8 Å². The van der Waals surface area contributed by atoms with Crippen molar-refractivity contribution in [2.75, 3.05) is 12.0 Å². The summed E-state index contributed by atoms with van der Waals surface area (Å²) in [6.45, 7) is 4.17. The molecular weight excluding hydrogens is 344 g/mol. The fourth-order valence-corrected chi connectivity index (χ4v) is 2.79. The van der Waals surface area contributed by atoms with Crippen LogP contribution in [0.5, 0.6) is 5.75 Å². The highest BCUT2D eigenvalue weighted by Crippen LogP contribution is 2.25. The number of carbonyl (C=O) groups excluding carboxylic acids is 3. The molecule has 1 N–H and O–H groups in total. The Morgan fingerprint density at radius 2 is 1.74 bits per heavy atom. The zero-order valence-electron chi connectivity index (χ0n) is 15.4. The molecule has 0 spiro atoms. The van der Waals surface area contributed by atoms with E-state index >= 15 is 0 Å². The van der Waals surface area contributed by atoms with E-state index in [4.69, 9.17) is 4.74 Å². The maximum absolute atomic E-state index is 12.9. The molecule has 0 aromatic heterocycles. The molecule has 0 atom stereocenters. The molecule has 1 saturated heterocycles. The molecule has 138 valence electrons. The predicted octanol–water partition coefficient (Wildman–Crippen LogP) is 3.49. The van der Waals surface area contributed by atoms with Gasteiger partial charge in [0.05, 0.1) is 12.8 Å². The molecular formula is C21H20N2O4. The van der Waals surface area contributed by atoms with Crippen LogP contribution in [-0.2, 0) is 9.59 Å². The van der Waals surface area contributed by atoms with Crippen molar-refractivity contribution >= 4 is 29.6 Å². The van der Waals surface area contributed by atoms with Gasteiger partial charge in [-0.25, -0.2) is 9.69 Å². The second kappa shape index (κ2) is 7.45. The van der Waals surface area contributed by atoms with E-state index in [-0.39, 0.29) is 5.57 Å². The van der Waals surface area contributed by atoms with Gasteiger partial charge in [0.2, 0.25) is 0 Å². The van der Waals surface area contributed by atoms with Crippen LogP contribution in [0.15, 0.2) is 54.1 Å². The number of hydrogen-bond donors (Lipinski definition) is 1. The highest BCUT2D eigenvalue weighted by molar-refractivity contribution is 6.39. The number of barbiturate groups is 1. The quantitative estimate of drug-likeness (QED) is 0.666. The highest BCUT2D eigenvalue weighted by Gasteiger charge is 2.36. The van der Waals surface area contributed by atoms with Crippen LogP contribution in [0.4, 0.5) is 10.5 Å². The largest absolute Gasteiger partial charge is 0.497 e. The van der Waals surface area contributed by atoms with Crippen molar-refractivity contribution in [3.05, 3.63) is 65.2 Å². The molecule has 1 aliphatic heterocycles. The lowest BCUT2D eigenvalue weighted by atomic mass is 10.0. The van der Waals surface area contributed by atoms with Crippen molar-refractivity contribution < 1.29 is 19.1 Å². The smallest absolute Gasteiger partial charge is 0.335 e. The Hall–Kier alpha value is -3.41. The number of nitrogens with one attached hydrogen (secondary N) is 1. The molecule has 27 heavy (non-hydrogen) atoms. The number of rotatable bonds is 4. The van der Waals surface area contributed by atoms with Crippen LogP contribution in [0.3, 0.4) is 0 Å². The topological polar surface area (TPSA) is 75.7 Å². The summed E-state index contributed by atoms with van der Waals surface area (Å²) in [5.74, 6) is -0.505. The number of carbonyl (C=O) groups is 3. The first-order chi connectivity index (χ1) is 12.9. The van der Waals surface area contributed by atoms with Gasteiger partial charge in [0.15, 0.2) is 0 Å². The van der Waals surface area contributed by atoms with Crippen molar-refractivity contribution in [2.45, 2.75) is 19.8 Å². The second-order valence-corrected chi connectivity index (χ2v) is 6.48. The Labute approximate surface area is 157 Å². The van der Waals surface area contributed by atoms with E-state index in [0.29, 0.717) is 22.9 Å². The Bertz CT molecular complexity index is 929. The van der Waals surface area contributed by atoms with Gasteiger partial charge >= 0.3 is 6.03 Å². The van der Waals surface area contributed by atoms with Gasteiger partial charge in [0, 0.05) is 6.07 Å². The molecule has 0 bridgehead atoms. The molecule has 1 heterocycles. The average molecular weight is 364 g/mol. The number of hydrogen-bond acceptors (Lipinski definition) is 4. The number of anilines is 1. The molecule has 1 fully saturated rings. The standard InChI is InChI=1S/C21H20N2O4/c1-13(2)15-9-7-14(8-10-15)11-18-19(24)22-21(26)23(20(18)25)16-5-4-6-17(12-16)27-3/h4-13H,1-3H3,(H,22,24,26). The molecule has 3 rings (SSSR count). The minimum Gasteiger partial charge on any atom is -0.497 e. The minimum atomic E-state index is -0.787. The lowest BCUT2D eigenvalue weighted by Crippen LogP contribution is -2.54. The zero-order valence-corrected chi connectivity index (χ0v) is 15.4. The number of urea groups is 1. The molecule has 4 amide bonds. The van der Waals surface area contributed by atoms with Crippen LogP contribution in [0.2, 0.25) is 0 Å². The van der Waals surface area contributed by atoms with Crippen LogP contribution in [0, 0.1) is 0 Å². The summed E-state index contributed by atoms with van der Waals surface area (Å²) in [7, 11) is 1.49. The number of nitrogens with zero attached hydrogens (tertiary/aromatic N) is 1. The monoisotopic (exact) mass is 364 g/mol. The summed E-state index contributed by atoms with van der Waals surface area (Å²) in [6.07, 6.45) is 1.49. The first-order valence-electron chi connectivity index (χ1n) is 8.56. The molecule has 0 saturated carbocycles. The number of amides is 4. The molecule has 6 heteroatoms. The molecule has 0 aliphatic carbocycles. The van der Waals surface area contributed by atoms with Crippen molar-refractivity contribution in [3.8, 4) is 5.75 Å². The van der Waals surface area contributed by atoms with Gasteiger partial charge in [-0.1, -0.05) is 44.2 Å². The summed E-state index contributed by atoms with van der Waals surface area (Å²) >= 11 is 0. The Morgan fingerprint density at radius 1 is 1.04 bits per heavy atom. The lowest BCUT2D eigenvalue weighted by molar-refractivity contribution is -0.122. The maximum atomic E-state index is 12.9. The van der Waals surface area contributed by atoms with Crippen LogP contribution in [-0.4, -0.2) is 25.0 Å². The van der Waals surface area contributed by atoms with Gasteiger partial charge in [-0.2, -0.15) is 0 Å². The van der Waals surface area contributed by atoms with Gasteiger partial charge in [-0.15, -0.1) is 0 Å². The van der Waals surface area contributed by atoms with Crippen molar-refractivity contribution in [3.63, 3.8) is 0 Å². The second-order valence-electron chi connectivity index (χ2n) is 6.48. The van der Waals surface area contributed by atoms with Crippen molar-refractivity contribution in [1.82, 2.24) is 5.32 Å². The lowest BCUT2D eigenvalue weighted by Gasteiger charge is -2.26. The third-order valence-corrected chi connectivity index (χ3v) is 4.33. The van der Waals surface area contributed by atoms with E-state index in [1.807, 2.05) is 24.3 Å². The number of methoxy groups -OCH3 is 1. The minimum absolute atomic E-state index is 0.102. The summed E-state index contributed by atoms with van der Waals surface area (Å²) < 4.78 is 5.14. The molecule has 0 unspecified atom stereocenters. The van der Waals surface area contributed by atoms with Gasteiger partial charge in [-0.05, 0) is 35.3 Å². The first kappa shape index (κ1) is 18.4. The number of benzene rings is 2. The van der Waals surface area contributed by atoms with Gasteiger partial charge in [-0.3, -0.25) is 14.9 Å². The summed E-state index contributed by atoms with van der Waals surface area (Å²) in [5, 5.41) is 2.21. The maximum Gasteiger partial charge on any atom is 0.335 e. The SMILES string of the molecule is COc1cccc(N2C(=O)NC(=O)C(=Cc3ccc(C(C)C)cc3)C2=O)c1. The van der Waals surface area contributed by atoms with E-state index in [1.54, 1.807) is 24.3 Å². The summed E-state index contributed by atoms with van der Waals surface area (Å²) in [4.78, 5) is 38.3. The Morgan fingerprint density at radius 3 is 2.37 bits per heavy atom. The average Bonchev–Trinajstić information content (AvgIpc) is 2.65. The molecule has 2 aromatic carbocycles. The zero-order chi connectivity index (χ0) is 19.6. The van der Waals surface area contributed by atoms with E-state index in [1.165, 1.54) is 13.2 Å².